The number of ketones is 1. The molecule has 2 aromatic rings. The lowest BCUT2D eigenvalue weighted by Crippen LogP contribution is -2.16. The molecule has 2 atom stereocenters. The van der Waals surface area contributed by atoms with Gasteiger partial charge in [-0.3, -0.25) is 9.59 Å². The summed E-state index contributed by atoms with van der Waals surface area (Å²) in [5.74, 6) is -2.11. The predicted octanol–water partition coefficient (Wildman–Crippen LogP) is 4.96. The molecule has 1 aromatic carbocycles. The molecule has 0 spiro atoms. The molecular weight excluding hydrogens is 400 g/mol. The Bertz CT molecular complexity index is 1090. The molecule has 2 N–H and O–H groups in total. The van der Waals surface area contributed by atoms with Crippen molar-refractivity contribution in [1.82, 2.24) is 0 Å². The van der Waals surface area contributed by atoms with Crippen LogP contribution in [-0.2, 0) is 16.0 Å². The number of Topliss-reactive ketones (excluding diaryl/α,β-unsaturated/α-hetero) is 1. The summed E-state index contributed by atoms with van der Waals surface area (Å²) in [6, 6.07) is 1.15. The molecule has 1 heterocycles. The Balaban J connectivity index is 3.04. The van der Waals surface area contributed by atoms with Gasteiger partial charge in [-0.05, 0) is 33.1 Å². The van der Waals surface area contributed by atoms with Gasteiger partial charge in [0.25, 0.3) is 0 Å². The number of hydrogen-bond acceptors (Lipinski definition) is 7. The molecule has 0 aliphatic heterocycles. The highest BCUT2D eigenvalue weighted by molar-refractivity contribution is 6.12. The molecule has 7 heteroatoms. The van der Waals surface area contributed by atoms with E-state index >= 15 is 0 Å². The summed E-state index contributed by atoms with van der Waals surface area (Å²) >= 11 is 0. The summed E-state index contributed by atoms with van der Waals surface area (Å²) in [4.78, 5) is 37.1. The van der Waals surface area contributed by atoms with E-state index in [1.807, 2.05) is 20.8 Å². The molecule has 0 bridgehead atoms. The maximum atomic E-state index is 13.1. The molecule has 0 fully saturated rings. The van der Waals surface area contributed by atoms with E-state index < -0.39 is 35.1 Å². The number of esters is 1. The minimum atomic E-state index is -0.831. The van der Waals surface area contributed by atoms with Crippen LogP contribution in [0.2, 0.25) is 0 Å². The lowest BCUT2D eigenvalue weighted by atomic mass is 9.89. The first-order chi connectivity index (χ1) is 14.5. The number of hydrogen-bond donors (Lipinski definition) is 2. The van der Waals surface area contributed by atoms with E-state index in [1.165, 1.54) is 6.92 Å². The zero-order valence-corrected chi connectivity index (χ0v) is 18.9. The van der Waals surface area contributed by atoms with Crippen LogP contribution in [0.4, 0.5) is 0 Å². The Morgan fingerprint density at radius 1 is 1.13 bits per heavy atom. The van der Waals surface area contributed by atoms with E-state index in [4.69, 9.17) is 9.15 Å². The summed E-state index contributed by atoms with van der Waals surface area (Å²) in [6.45, 7) is 10.3. The van der Waals surface area contributed by atoms with Crippen LogP contribution < -0.4 is 5.63 Å². The Morgan fingerprint density at radius 2 is 1.77 bits per heavy atom. The van der Waals surface area contributed by atoms with E-state index in [0.29, 0.717) is 12.8 Å². The Kier molecular flexibility index (Phi) is 7.65. The molecule has 0 aliphatic rings. The second-order valence-corrected chi connectivity index (χ2v) is 7.94. The van der Waals surface area contributed by atoms with E-state index in [0.717, 1.165) is 11.6 Å². The van der Waals surface area contributed by atoms with E-state index in [1.54, 1.807) is 19.9 Å². The van der Waals surface area contributed by atoms with Gasteiger partial charge in [0.2, 0.25) is 0 Å². The number of phenolic OH excluding ortho intramolecular Hbond substituents is 2. The number of ether oxygens (including phenoxy) is 1. The molecule has 2 rings (SSSR count). The highest BCUT2D eigenvalue weighted by Gasteiger charge is 2.30. The zero-order chi connectivity index (χ0) is 23.5. The minimum Gasteiger partial charge on any atom is -0.507 e. The van der Waals surface area contributed by atoms with Crippen molar-refractivity contribution in [2.75, 3.05) is 0 Å². The largest absolute Gasteiger partial charge is 0.507 e. The first kappa shape index (κ1) is 24.2. The fourth-order valence-electron chi connectivity index (χ4n) is 3.43. The van der Waals surface area contributed by atoms with Crippen molar-refractivity contribution >= 4 is 22.7 Å². The maximum Gasteiger partial charge on any atom is 0.336 e. The summed E-state index contributed by atoms with van der Waals surface area (Å²) in [5, 5.41) is 22.1. The number of aromatic hydroxyl groups is 2. The SMILES string of the molecule is CC[C@H](OC(C)=O)c1cc(=O)oc2c(C(=O)[C@@H](C)CC)c(O)c(CC=C(C)C)c(O)c12. The van der Waals surface area contributed by atoms with Crippen molar-refractivity contribution in [3.05, 3.63) is 44.8 Å². The molecule has 0 amide bonds. The van der Waals surface area contributed by atoms with Crippen molar-refractivity contribution in [2.45, 2.75) is 66.9 Å². The fourth-order valence-corrected chi connectivity index (χ4v) is 3.43. The highest BCUT2D eigenvalue weighted by Crippen LogP contribution is 2.44. The number of benzene rings is 1. The standard InChI is InChI=1S/C24H30O7/c1-7-13(5)21(27)20-23(29)15(10-9-12(3)4)22(28)19-16(11-18(26)31-24(19)20)17(8-2)30-14(6)25/h9,11,13,17,28-29H,7-8,10H2,1-6H3/t13-,17-/m0/s1. The molecule has 168 valence electrons. The summed E-state index contributed by atoms with van der Waals surface area (Å²) < 4.78 is 10.7. The minimum absolute atomic E-state index is 0.0920. The molecule has 0 unspecified atom stereocenters. The highest BCUT2D eigenvalue weighted by atomic mass is 16.5. The van der Waals surface area contributed by atoms with Crippen LogP contribution in [0.1, 0.15) is 82.0 Å². The van der Waals surface area contributed by atoms with Gasteiger partial charge in [-0.2, -0.15) is 0 Å². The van der Waals surface area contributed by atoms with E-state index in [2.05, 4.69) is 0 Å². The van der Waals surface area contributed by atoms with Gasteiger partial charge < -0.3 is 19.4 Å². The second-order valence-electron chi connectivity index (χ2n) is 7.94. The molecule has 1 aromatic heterocycles. The smallest absolute Gasteiger partial charge is 0.336 e. The second kappa shape index (κ2) is 9.81. The van der Waals surface area contributed by atoms with Crippen molar-refractivity contribution in [3.8, 4) is 11.5 Å². The first-order valence-electron chi connectivity index (χ1n) is 10.4. The summed E-state index contributed by atoms with van der Waals surface area (Å²) in [6.07, 6.45) is 1.98. The van der Waals surface area contributed by atoms with E-state index in [-0.39, 0.29) is 39.8 Å². The average Bonchev–Trinajstić information content (AvgIpc) is 2.69. The number of carbonyl (C=O) groups excluding carboxylic acids is 2. The van der Waals surface area contributed by atoms with Gasteiger partial charge in [0.15, 0.2) is 11.4 Å². The lowest BCUT2D eigenvalue weighted by Gasteiger charge is -2.21. The van der Waals surface area contributed by atoms with Crippen LogP contribution in [0.5, 0.6) is 11.5 Å². The zero-order valence-electron chi connectivity index (χ0n) is 18.9. The predicted molar refractivity (Wildman–Crippen MR) is 118 cm³/mol. The molecule has 7 nitrogen and oxygen atoms in total. The van der Waals surface area contributed by atoms with Gasteiger partial charge in [0.1, 0.15) is 23.2 Å². The van der Waals surface area contributed by atoms with Crippen LogP contribution >= 0.6 is 0 Å². The molecule has 0 saturated heterocycles. The van der Waals surface area contributed by atoms with Crippen molar-refractivity contribution in [3.63, 3.8) is 0 Å². The lowest BCUT2D eigenvalue weighted by molar-refractivity contribution is -0.146. The Labute approximate surface area is 181 Å². The normalized spacial score (nSPS) is 13.0. The third kappa shape index (κ3) is 4.98. The van der Waals surface area contributed by atoms with Gasteiger partial charge in [-0.1, -0.05) is 32.4 Å². The number of fused-ring (bicyclic) bond motifs is 1. The monoisotopic (exact) mass is 430 g/mol. The van der Waals surface area contributed by atoms with E-state index in [9.17, 15) is 24.6 Å². The molecule has 0 aliphatic carbocycles. The topological polar surface area (TPSA) is 114 Å². The van der Waals surface area contributed by atoms with Gasteiger partial charge in [0.05, 0.1) is 5.39 Å². The maximum absolute atomic E-state index is 13.1. The van der Waals surface area contributed by atoms with Crippen LogP contribution in [0.25, 0.3) is 11.0 Å². The van der Waals surface area contributed by atoms with Gasteiger partial charge in [-0.25, -0.2) is 4.79 Å². The van der Waals surface area contributed by atoms with Gasteiger partial charge in [0, 0.05) is 30.0 Å². The Morgan fingerprint density at radius 3 is 2.29 bits per heavy atom. The molecule has 31 heavy (non-hydrogen) atoms. The summed E-state index contributed by atoms with van der Waals surface area (Å²) in [7, 11) is 0. The molecular formula is C24H30O7. The van der Waals surface area contributed by atoms with Crippen LogP contribution in [-0.4, -0.2) is 22.0 Å². The number of carbonyl (C=O) groups is 2. The third-order valence-corrected chi connectivity index (χ3v) is 5.31. The summed E-state index contributed by atoms with van der Waals surface area (Å²) in [5.41, 5.74) is 0.221. The number of phenols is 2. The van der Waals surface area contributed by atoms with Crippen LogP contribution in [0, 0.1) is 5.92 Å². The molecule has 0 saturated carbocycles. The van der Waals surface area contributed by atoms with Crippen molar-refractivity contribution < 1.29 is 29.0 Å². The number of rotatable bonds is 8. The third-order valence-electron chi connectivity index (χ3n) is 5.31. The van der Waals surface area contributed by atoms with Gasteiger partial charge >= 0.3 is 11.6 Å². The first-order valence-corrected chi connectivity index (χ1v) is 10.4. The van der Waals surface area contributed by atoms with Crippen molar-refractivity contribution in [1.29, 1.82) is 0 Å². The van der Waals surface area contributed by atoms with Crippen molar-refractivity contribution in [2.24, 2.45) is 5.92 Å². The van der Waals surface area contributed by atoms with Crippen LogP contribution in [0.15, 0.2) is 26.9 Å². The molecule has 0 radical (unpaired) electrons. The average molecular weight is 430 g/mol. The number of allylic oxidation sites excluding steroid dienone is 2. The van der Waals surface area contributed by atoms with Crippen LogP contribution in [0.3, 0.4) is 0 Å². The quantitative estimate of drug-likeness (QED) is 0.263. The Hall–Kier alpha value is -3.09. The fraction of sp³-hybridized carbons (Fsp3) is 0.458. The van der Waals surface area contributed by atoms with Gasteiger partial charge in [-0.15, -0.1) is 0 Å².